The number of para-hydroxylation sites is 1. The lowest BCUT2D eigenvalue weighted by Gasteiger charge is -2.12. The van der Waals surface area contributed by atoms with Crippen molar-refractivity contribution in [1.29, 1.82) is 0 Å². The first-order valence-corrected chi connectivity index (χ1v) is 8.39. The second-order valence-electron chi connectivity index (χ2n) is 5.50. The maximum atomic E-state index is 12.1. The maximum absolute atomic E-state index is 12.1. The van der Waals surface area contributed by atoms with E-state index in [0.717, 1.165) is 13.0 Å². The monoisotopic (exact) mass is 333 g/mol. The van der Waals surface area contributed by atoms with Gasteiger partial charge in [0.05, 0.1) is 17.6 Å². The van der Waals surface area contributed by atoms with Gasteiger partial charge in [-0.2, -0.15) is 0 Å². The Kier molecular flexibility index (Phi) is 6.40. The largest absolute Gasteiger partial charge is 0.507 e. The highest BCUT2D eigenvalue weighted by molar-refractivity contribution is 7.80. The summed E-state index contributed by atoms with van der Waals surface area (Å²) in [6.07, 6.45) is 4.67. The zero-order chi connectivity index (χ0) is 16.7. The number of pyridine rings is 1. The van der Waals surface area contributed by atoms with Gasteiger partial charge in [0.15, 0.2) is 5.11 Å². The molecule has 2 rings (SSSR count). The van der Waals surface area contributed by atoms with Gasteiger partial charge in [-0.3, -0.25) is 4.79 Å². The van der Waals surface area contributed by atoms with Gasteiger partial charge in [0.25, 0.3) is 5.56 Å². The topological polar surface area (TPSA) is 77.2 Å². The molecule has 0 saturated carbocycles. The molecule has 0 fully saturated rings. The highest BCUT2D eigenvalue weighted by Crippen LogP contribution is 2.24. The van der Waals surface area contributed by atoms with Gasteiger partial charge in [0, 0.05) is 11.9 Å². The van der Waals surface area contributed by atoms with Crippen LogP contribution in [0, 0.1) is 0 Å². The van der Waals surface area contributed by atoms with Crippen LogP contribution in [-0.4, -0.2) is 21.7 Å². The Hall–Kier alpha value is -2.08. The lowest BCUT2D eigenvalue weighted by Crippen LogP contribution is -2.36. The molecule has 0 unspecified atom stereocenters. The van der Waals surface area contributed by atoms with E-state index in [1.807, 2.05) is 12.1 Å². The van der Waals surface area contributed by atoms with Crippen LogP contribution in [0.4, 0.5) is 0 Å². The summed E-state index contributed by atoms with van der Waals surface area (Å²) in [6, 6.07) is 7.16. The number of nitrogens with one attached hydrogen (secondary N) is 3. The van der Waals surface area contributed by atoms with Crippen molar-refractivity contribution >= 4 is 28.2 Å². The van der Waals surface area contributed by atoms with Crippen molar-refractivity contribution in [3.05, 3.63) is 40.2 Å². The van der Waals surface area contributed by atoms with Gasteiger partial charge in [0.2, 0.25) is 0 Å². The van der Waals surface area contributed by atoms with Crippen molar-refractivity contribution in [3.63, 3.8) is 0 Å². The molecular formula is C17H23N3O2S. The third-order valence-corrected chi connectivity index (χ3v) is 4.02. The molecule has 0 spiro atoms. The Labute approximate surface area is 141 Å². The summed E-state index contributed by atoms with van der Waals surface area (Å²) < 4.78 is 0. The number of fused-ring (bicyclic) bond motifs is 1. The van der Waals surface area contributed by atoms with E-state index in [1.165, 1.54) is 19.3 Å². The number of hydrogen-bond acceptors (Lipinski definition) is 3. The summed E-state index contributed by atoms with van der Waals surface area (Å²) in [4.78, 5) is 14.8. The third-order valence-electron chi connectivity index (χ3n) is 3.73. The van der Waals surface area contributed by atoms with Gasteiger partial charge in [-0.15, -0.1) is 0 Å². The van der Waals surface area contributed by atoms with Crippen molar-refractivity contribution in [2.24, 2.45) is 0 Å². The van der Waals surface area contributed by atoms with E-state index >= 15 is 0 Å². The number of hydrogen-bond donors (Lipinski definition) is 4. The molecule has 0 amide bonds. The minimum absolute atomic E-state index is 0.00240. The van der Waals surface area contributed by atoms with Gasteiger partial charge in [-0.25, -0.2) is 0 Å². The summed E-state index contributed by atoms with van der Waals surface area (Å²) in [5, 5.41) is 17.5. The first kappa shape index (κ1) is 17.3. The van der Waals surface area contributed by atoms with Crippen LogP contribution >= 0.6 is 12.2 Å². The minimum atomic E-state index is -0.306. The average Bonchev–Trinajstić information content (AvgIpc) is 2.54. The maximum Gasteiger partial charge on any atom is 0.257 e. The van der Waals surface area contributed by atoms with Crippen LogP contribution < -0.4 is 16.2 Å². The molecule has 2 aromatic rings. The van der Waals surface area contributed by atoms with Crippen molar-refractivity contribution in [2.75, 3.05) is 6.54 Å². The Balaban J connectivity index is 1.94. The molecule has 1 aromatic carbocycles. The minimum Gasteiger partial charge on any atom is -0.507 e. The molecule has 1 aromatic heterocycles. The Morgan fingerprint density at radius 2 is 2.00 bits per heavy atom. The molecule has 0 saturated heterocycles. The Bertz CT molecular complexity index is 727. The van der Waals surface area contributed by atoms with Crippen LogP contribution in [0.5, 0.6) is 5.75 Å². The predicted octanol–water partition coefficient (Wildman–Crippen LogP) is 2.78. The summed E-state index contributed by atoms with van der Waals surface area (Å²) >= 11 is 5.20. The SMILES string of the molecule is CCCCCCNC(=S)NCc1c(O)c2ccccc2[nH]c1=O. The van der Waals surface area contributed by atoms with Crippen LogP contribution in [0.15, 0.2) is 29.1 Å². The lowest BCUT2D eigenvalue weighted by atomic mass is 10.1. The predicted molar refractivity (Wildman–Crippen MR) is 97.8 cm³/mol. The van der Waals surface area contributed by atoms with Crippen LogP contribution in [0.2, 0.25) is 0 Å². The van der Waals surface area contributed by atoms with Crippen LogP contribution in [0.3, 0.4) is 0 Å². The van der Waals surface area contributed by atoms with E-state index in [0.29, 0.717) is 21.6 Å². The molecule has 124 valence electrons. The van der Waals surface area contributed by atoms with Gasteiger partial charge >= 0.3 is 0 Å². The third kappa shape index (κ3) is 4.69. The number of unbranched alkanes of at least 4 members (excludes halogenated alkanes) is 3. The van der Waals surface area contributed by atoms with Crippen molar-refractivity contribution in [3.8, 4) is 5.75 Å². The standard InChI is InChI=1S/C17H23N3O2S/c1-2-3-4-7-10-18-17(23)19-11-13-15(21)12-8-5-6-9-14(12)20-16(13)22/h5-6,8-9H,2-4,7,10-11H2,1H3,(H2,18,19,23)(H2,20,21,22). The molecule has 23 heavy (non-hydrogen) atoms. The fraction of sp³-hybridized carbons (Fsp3) is 0.412. The van der Waals surface area contributed by atoms with Crippen LogP contribution in [0.1, 0.15) is 38.2 Å². The molecule has 4 N–H and O–H groups in total. The second kappa shape index (κ2) is 8.53. The fourth-order valence-corrected chi connectivity index (χ4v) is 2.59. The number of thiocarbonyl (C=S) groups is 1. The number of aromatic nitrogens is 1. The molecule has 1 heterocycles. The molecule has 0 radical (unpaired) electrons. The highest BCUT2D eigenvalue weighted by atomic mass is 32.1. The van der Waals surface area contributed by atoms with E-state index in [1.54, 1.807) is 12.1 Å². The number of rotatable bonds is 7. The van der Waals surface area contributed by atoms with Crippen LogP contribution in [-0.2, 0) is 6.54 Å². The Morgan fingerprint density at radius 1 is 1.22 bits per heavy atom. The normalized spacial score (nSPS) is 10.7. The molecule has 0 bridgehead atoms. The lowest BCUT2D eigenvalue weighted by molar-refractivity contribution is 0.472. The quantitative estimate of drug-likeness (QED) is 0.463. The smallest absolute Gasteiger partial charge is 0.257 e. The van der Waals surface area contributed by atoms with Crippen molar-refractivity contribution < 1.29 is 5.11 Å². The molecule has 0 aliphatic carbocycles. The van der Waals surface area contributed by atoms with E-state index in [9.17, 15) is 9.90 Å². The first-order valence-electron chi connectivity index (χ1n) is 7.98. The van der Waals surface area contributed by atoms with Crippen molar-refractivity contribution in [2.45, 2.75) is 39.2 Å². The van der Waals surface area contributed by atoms with Gasteiger partial charge in [-0.1, -0.05) is 38.3 Å². The summed E-state index contributed by atoms with van der Waals surface area (Å²) in [7, 11) is 0. The molecular weight excluding hydrogens is 310 g/mol. The number of benzene rings is 1. The van der Waals surface area contributed by atoms with Gasteiger partial charge in [-0.05, 0) is 30.8 Å². The Morgan fingerprint density at radius 3 is 2.78 bits per heavy atom. The molecule has 0 atom stereocenters. The summed E-state index contributed by atoms with van der Waals surface area (Å²) in [5.41, 5.74) is 0.605. The molecule has 5 nitrogen and oxygen atoms in total. The van der Waals surface area contributed by atoms with E-state index in [-0.39, 0.29) is 17.9 Å². The first-order chi connectivity index (χ1) is 11.1. The zero-order valence-corrected chi connectivity index (χ0v) is 14.1. The van der Waals surface area contributed by atoms with Crippen molar-refractivity contribution in [1.82, 2.24) is 15.6 Å². The number of aromatic hydroxyl groups is 1. The van der Waals surface area contributed by atoms with E-state index in [4.69, 9.17) is 12.2 Å². The van der Waals surface area contributed by atoms with E-state index < -0.39 is 0 Å². The highest BCUT2D eigenvalue weighted by Gasteiger charge is 2.11. The van der Waals surface area contributed by atoms with Crippen LogP contribution in [0.25, 0.3) is 10.9 Å². The van der Waals surface area contributed by atoms with E-state index in [2.05, 4.69) is 22.5 Å². The number of aromatic amines is 1. The zero-order valence-electron chi connectivity index (χ0n) is 13.3. The summed E-state index contributed by atoms with van der Waals surface area (Å²) in [6.45, 7) is 3.17. The van der Waals surface area contributed by atoms with Gasteiger partial charge in [0.1, 0.15) is 5.75 Å². The molecule has 0 aliphatic heterocycles. The fourth-order valence-electron chi connectivity index (χ4n) is 2.42. The second-order valence-corrected chi connectivity index (χ2v) is 5.91. The molecule has 6 heteroatoms. The number of H-pyrrole nitrogens is 1. The summed E-state index contributed by atoms with van der Waals surface area (Å²) in [5.74, 6) is 0.00240. The van der Waals surface area contributed by atoms with Gasteiger partial charge < -0.3 is 20.7 Å². The molecule has 0 aliphatic rings. The average molecular weight is 333 g/mol.